The van der Waals surface area contributed by atoms with E-state index < -0.39 is 0 Å². The zero-order chi connectivity index (χ0) is 12.3. The number of thiazole rings is 1. The van der Waals surface area contributed by atoms with Crippen molar-refractivity contribution in [2.45, 2.75) is 6.92 Å². The molecule has 1 amide bonds. The quantitative estimate of drug-likeness (QED) is 0.867. The number of hydrogen-bond acceptors (Lipinski definition) is 4. The topological polar surface area (TPSA) is 42.0 Å². The SMILES string of the molecule is Cc1cnc(NC(=O)C=Cc2ccc(Br)s2)s1. The zero-order valence-corrected chi connectivity index (χ0v) is 12.2. The largest absolute Gasteiger partial charge is 0.298 e. The first-order valence-corrected chi connectivity index (χ1v) is 7.23. The van der Waals surface area contributed by atoms with Gasteiger partial charge in [-0.3, -0.25) is 10.1 Å². The molecule has 0 saturated heterocycles. The molecule has 0 unspecified atom stereocenters. The molecule has 0 aliphatic carbocycles. The number of aryl methyl sites for hydroxylation is 1. The molecule has 2 heterocycles. The maximum absolute atomic E-state index is 11.6. The van der Waals surface area contributed by atoms with Crippen LogP contribution in [-0.2, 0) is 4.79 Å². The Balaban J connectivity index is 1.95. The van der Waals surface area contributed by atoms with E-state index >= 15 is 0 Å². The highest BCUT2D eigenvalue weighted by atomic mass is 79.9. The summed E-state index contributed by atoms with van der Waals surface area (Å²) in [6, 6.07) is 3.90. The number of thiophene rings is 1. The molecule has 0 spiro atoms. The minimum atomic E-state index is -0.163. The second-order valence-electron chi connectivity index (χ2n) is 3.24. The molecular formula is C11H9BrN2OS2. The van der Waals surface area contributed by atoms with E-state index in [1.54, 1.807) is 23.6 Å². The molecule has 0 radical (unpaired) electrons. The minimum Gasteiger partial charge on any atom is -0.298 e. The average Bonchev–Trinajstić information content (AvgIpc) is 2.85. The maximum Gasteiger partial charge on any atom is 0.250 e. The second-order valence-corrected chi connectivity index (χ2v) is 6.97. The molecule has 2 aromatic rings. The Kier molecular flexibility index (Phi) is 4.09. The number of rotatable bonds is 3. The lowest BCUT2D eigenvalue weighted by Crippen LogP contribution is -2.06. The van der Waals surface area contributed by atoms with Crippen molar-refractivity contribution in [2.24, 2.45) is 0 Å². The molecule has 0 aliphatic rings. The number of carbonyl (C=O) groups is 1. The average molecular weight is 329 g/mol. The van der Waals surface area contributed by atoms with Gasteiger partial charge in [-0.05, 0) is 41.1 Å². The van der Waals surface area contributed by atoms with Gasteiger partial charge in [0.2, 0.25) is 5.91 Å². The van der Waals surface area contributed by atoms with E-state index in [-0.39, 0.29) is 5.91 Å². The Morgan fingerprint density at radius 1 is 1.47 bits per heavy atom. The third-order valence-electron chi connectivity index (χ3n) is 1.84. The van der Waals surface area contributed by atoms with Crippen LogP contribution in [0.5, 0.6) is 0 Å². The third kappa shape index (κ3) is 3.76. The fraction of sp³-hybridized carbons (Fsp3) is 0.0909. The number of amides is 1. The summed E-state index contributed by atoms with van der Waals surface area (Å²) in [5, 5.41) is 3.34. The number of halogens is 1. The maximum atomic E-state index is 11.6. The van der Waals surface area contributed by atoms with Crippen molar-refractivity contribution < 1.29 is 4.79 Å². The Labute approximate surface area is 115 Å². The summed E-state index contributed by atoms with van der Waals surface area (Å²) in [6.07, 6.45) is 5.03. The van der Waals surface area contributed by atoms with Gasteiger partial charge in [0.15, 0.2) is 5.13 Å². The van der Waals surface area contributed by atoms with Gasteiger partial charge in [0.1, 0.15) is 0 Å². The summed E-state index contributed by atoms with van der Waals surface area (Å²) in [4.78, 5) is 17.7. The van der Waals surface area contributed by atoms with Crippen molar-refractivity contribution in [3.63, 3.8) is 0 Å². The first-order valence-electron chi connectivity index (χ1n) is 4.80. The van der Waals surface area contributed by atoms with Gasteiger partial charge in [-0.25, -0.2) is 4.98 Å². The zero-order valence-electron chi connectivity index (χ0n) is 8.94. The van der Waals surface area contributed by atoms with Crippen LogP contribution in [0.3, 0.4) is 0 Å². The molecule has 2 aromatic heterocycles. The number of hydrogen-bond donors (Lipinski definition) is 1. The molecular weight excluding hydrogens is 320 g/mol. The van der Waals surface area contributed by atoms with Gasteiger partial charge in [0.25, 0.3) is 0 Å². The van der Waals surface area contributed by atoms with Crippen LogP contribution in [0, 0.1) is 6.92 Å². The summed E-state index contributed by atoms with van der Waals surface area (Å²) in [5.41, 5.74) is 0. The molecule has 0 saturated carbocycles. The molecule has 0 atom stereocenters. The fourth-order valence-corrected chi connectivity index (χ4v) is 3.13. The van der Waals surface area contributed by atoms with Crippen molar-refractivity contribution >= 4 is 55.7 Å². The smallest absolute Gasteiger partial charge is 0.250 e. The highest BCUT2D eigenvalue weighted by Gasteiger charge is 2.01. The molecule has 0 fully saturated rings. The molecule has 0 aromatic carbocycles. The molecule has 1 N–H and O–H groups in total. The Hall–Kier alpha value is -0.980. The second kappa shape index (κ2) is 5.57. The first kappa shape index (κ1) is 12.5. The summed E-state index contributed by atoms with van der Waals surface area (Å²) >= 11 is 6.41. The van der Waals surface area contributed by atoms with E-state index in [0.29, 0.717) is 5.13 Å². The van der Waals surface area contributed by atoms with Crippen molar-refractivity contribution in [3.8, 4) is 0 Å². The van der Waals surface area contributed by atoms with E-state index in [1.165, 1.54) is 17.4 Å². The van der Waals surface area contributed by atoms with Gasteiger partial charge in [-0.2, -0.15) is 0 Å². The van der Waals surface area contributed by atoms with Crippen molar-refractivity contribution in [3.05, 3.63) is 37.9 Å². The van der Waals surface area contributed by atoms with Crippen LogP contribution >= 0.6 is 38.6 Å². The molecule has 0 aliphatic heterocycles. The number of aromatic nitrogens is 1. The van der Waals surface area contributed by atoms with Crippen molar-refractivity contribution in [1.29, 1.82) is 0 Å². The van der Waals surface area contributed by atoms with Crippen LogP contribution in [-0.4, -0.2) is 10.9 Å². The van der Waals surface area contributed by atoms with Gasteiger partial charge in [-0.1, -0.05) is 0 Å². The molecule has 88 valence electrons. The molecule has 3 nitrogen and oxygen atoms in total. The van der Waals surface area contributed by atoms with Crippen LogP contribution in [0.15, 0.2) is 28.2 Å². The number of anilines is 1. The lowest BCUT2D eigenvalue weighted by atomic mass is 10.4. The predicted molar refractivity (Wildman–Crippen MR) is 76.5 cm³/mol. The Bertz CT molecular complexity index is 559. The van der Waals surface area contributed by atoms with Crippen molar-refractivity contribution in [2.75, 3.05) is 5.32 Å². The molecule has 17 heavy (non-hydrogen) atoms. The number of nitrogens with zero attached hydrogens (tertiary/aromatic N) is 1. The van der Waals surface area contributed by atoms with Crippen LogP contribution in [0.1, 0.15) is 9.75 Å². The van der Waals surface area contributed by atoms with Gasteiger partial charge in [0, 0.05) is 22.0 Å². The number of carbonyl (C=O) groups excluding carboxylic acids is 1. The third-order valence-corrected chi connectivity index (χ3v) is 4.26. The van der Waals surface area contributed by atoms with Gasteiger partial charge in [-0.15, -0.1) is 22.7 Å². The van der Waals surface area contributed by atoms with Crippen LogP contribution in [0.4, 0.5) is 5.13 Å². The van der Waals surface area contributed by atoms with Gasteiger partial charge >= 0.3 is 0 Å². The van der Waals surface area contributed by atoms with E-state index in [9.17, 15) is 4.79 Å². The minimum absolute atomic E-state index is 0.163. The summed E-state index contributed by atoms with van der Waals surface area (Å²) in [6.45, 7) is 1.95. The van der Waals surface area contributed by atoms with E-state index in [4.69, 9.17) is 0 Å². The van der Waals surface area contributed by atoms with E-state index in [1.807, 2.05) is 19.1 Å². The van der Waals surface area contributed by atoms with Gasteiger partial charge < -0.3 is 0 Å². The standard InChI is InChI=1S/C11H9BrN2OS2/c1-7-6-13-11(16-7)14-10(15)5-3-8-2-4-9(12)17-8/h2-6H,1H3,(H,13,14,15). The lowest BCUT2D eigenvalue weighted by molar-refractivity contribution is -0.111. The Morgan fingerprint density at radius 3 is 2.88 bits per heavy atom. The van der Waals surface area contributed by atoms with Gasteiger partial charge in [0.05, 0.1) is 3.79 Å². The molecule has 6 heteroatoms. The fourth-order valence-electron chi connectivity index (χ4n) is 1.14. The molecule has 2 rings (SSSR count). The monoisotopic (exact) mass is 328 g/mol. The van der Waals surface area contributed by atoms with E-state index in [0.717, 1.165) is 13.5 Å². The van der Waals surface area contributed by atoms with Crippen LogP contribution < -0.4 is 5.32 Å². The number of nitrogens with one attached hydrogen (secondary N) is 1. The van der Waals surface area contributed by atoms with E-state index in [2.05, 4.69) is 26.2 Å². The van der Waals surface area contributed by atoms with Crippen LogP contribution in [0.25, 0.3) is 6.08 Å². The normalized spacial score (nSPS) is 10.9. The lowest BCUT2D eigenvalue weighted by Gasteiger charge is -1.94. The first-order chi connectivity index (χ1) is 8.13. The highest BCUT2D eigenvalue weighted by Crippen LogP contribution is 2.23. The summed E-state index contributed by atoms with van der Waals surface area (Å²) < 4.78 is 1.05. The van der Waals surface area contributed by atoms with Crippen LogP contribution in [0.2, 0.25) is 0 Å². The summed E-state index contributed by atoms with van der Waals surface area (Å²) in [5.74, 6) is -0.163. The highest BCUT2D eigenvalue weighted by molar-refractivity contribution is 9.11. The van der Waals surface area contributed by atoms with Crippen molar-refractivity contribution in [1.82, 2.24) is 4.98 Å². The summed E-state index contributed by atoms with van der Waals surface area (Å²) in [7, 11) is 0. The Morgan fingerprint density at radius 2 is 2.29 bits per heavy atom. The predicted octanol–water partition coefficient (Wildman–Crippen LogP) is 3.93. The molecule has 0 bridgehead atoms.